The van der Waals surface area contributed by atoms with Crippen molar-refractivity contribution in [3.63, 3.8) is 0 Å². The van der Waals surface area contributed by atoms with Gasteiger partial charge in [0.1, 0.15) is 12.4 Å². The predicted octanol–water partition coefficient (Wildman–Crippen LogP) is 6.20. The van der Waals surface area contributed by atoms with E-state index in [0.29, 0.717) is 12.2 Å². The molecule has 2 aromatic carbocycles. The summed E-state index contributed by atoms with van der Waals surface area (Å²) in [6.07, 6.45) is 2.95. The Morgan fingerprint density at radius 2 is 1.41 bits per heavy atom. The van der Waals surface area contributed by atoms with Crippen molar-refractivity contribution in [1.82, 2.24) is 0 Å². The molecule has 2 N–H and O–H groups in total. The quantitative estimate of drug-likeness (QED) is 0.146. The molecule has 0 aliphatic heterocycles. The Morgan fingerprint density at radius 3 is 1.97 bits per heavy atom. The summed E-state index contributed by atoms with van der Waals surface area (Å²) in [5, 5.41) is 17.5. The molecule has 176 valence electrons. The van der Waals surface area contributed by atoms with Crippen LogP contribution in [0, 0.1) is 0 Å². The van der Waals surface area contributed by atoms with Gasteiger partial charge in [-0.3, -0.25) is 5.26 Å². The molecule has 0 atom stereocenters. The van der Waals surface area contributed by atoms with Crippen molar-refractivity contribution in [3.8, 4) is 5.75 Å². The van der Waals surface area contributed by atoms with Crippen LogP contribution in [0.25, 0.3) is 0 Å². The lowest BCUT2D eigenvalue weighted by Crippen LogP contribution is -2.44. The van der Waals surface area contributed by atoms with Gasteiger partial charge in [0.15, 0.2) is 16.6 Å². The normalized spacial score (nSPS) is 12.0. The van der Waals surface area contributed by atoms with E-state index in [1.54, 1.807) is 12.1 Å². The van der Waals surface area contributed by atoms with Gasteiger partial charge in [0, 0.05) is 0 Å². The van der Waals surface area contributed by atoms with Crippen molar-refractivity contribution >= 4 is 22.6 Å². The lowest BCUT2D eigenvalue weighted by Gasteiger charge is -2.34. The fourth-order valence-corrected chi connectivity index (χ4v) is 12.7. The van der Waals surface area contributed by atoms with Crippen molar-refractivity contribution in [2.24, 2.45) is 0 Å². The average molecular weight is 477 g/mol. The van der Waals surface area contributed by atoms with Gasteiger partial charge in [0.25, 0.3) is 0 Å². The van der Waals surface area contributed by atoms with E-state index in [9.17, 15) is 4.79 Å². The lowest BCUT2D eigenvalue weighted by molar-refractivity contribution is -0.253. The number of carboxylic acids is 1. The van der Waals surface area contributed by atoms with E-state index in [1.165, 1.54) is 5.56 Å². The minimum atomic E-state index is -1.77. The topological polar surface area (TPSA) is 85.2 Å². The fourth-order valence-electron chi connectivity index (χ4n) is 3.83. The summed E-state index contributed by atoms with van der Waals surface area (Å²) in [5.74, 6) is -0.0692. The van der Waals surface area contributed by atoms with Gasteiger partial charge in [-0.05, 0) is 92.9 Å². The third-order valence-electron chi connectivity index (χ3n) is 5.34. The number of aryl methyl sites for hydroxylation is 1. The standard InChI is InChI=1S/C24H36O6Si2/c1-31(2,17-5-7-20-8-12-22(13-9-20)24(25)26)30-32(3,4)18-6-16-28-23-14-10-21(11-15-23)19-29-27/h8-15,27H,5-7,16-19H2,1-4H3,(H,25,26). The zero-order valence-corrected chi connectivity index (χ0v) is 21.6. The second-order valence-corrected chi connectivity index (χ2v) is 18.2. The molecule has 0 fully saturated rings. The highest BCUT2D eigenvalue weighted by atomic mass is 28.4. The molecule has 0 spiro atoms. The average Bonchev–Trinajstić information content (AvgIpc) is 2.72. The van der Waals surface area contributed by atoms with Gasteiger partial charge in [-0.15, -0.1) is 0 Å². The first kappa shape index (κ1) is 26.3. The van der Waals surface area contributed by atoms with E-state index in [1.807, 2.05) is 36.4 Å². The molecule has 8 heteroatoms. The second kappa shape index (κ2) is 12.3. The molecule has 0 bridgehead atoms. The SMILES string of the molecule is C[Si](C)(CCCOc1ccc(COO)cc1)O[Si](C)(C)CCCc1ccc(C(=O)O)cc1. The largest absolute Gasteiger partial charge is 0.494 e. The van der Waals surface area contributed by atoms with Gasteiger partial charge in [-0.1, -0.05) is 24.3 Å². The number of rotatable bonds is 14. The molecule has 0 aliphatic rings. The molecular weight excluding hydrogens is 440 g/mol. The van der Waals surface area contributed by atoms with E-state index in [4.69, 9.17) is 19.2 Å². The fraction of sp³-hybridized carbons (Fsp3) is 0.458. The van der Waals surface area contributed by atoms with Crippen molar-refractivity contribution in [2.75, 3.05) is 6.61 Å². The number of benzene rings is 2. The molecule has 0 radical (unpaired) electrons. The Morgan fingerprint density at radius 1 is 0.844 bits per heavy atom. The van der Waals surface area contributed by atoms with Gasteiger partial charge >= 0.3 is 5.97 Å². The minimum absolute atomic E-state index is 0.175. The Bertz CT molecular complexity index is 835. The van der Waals surface area contributed by atoms with Gasteiger partial charge in [0.2, 0.25) is 0 Å². The van der Waals surface area contributed by atoms with Crippen LogP contribution in [0.5, 0.6) is 5.75 Å². The zero-order chi connectivity index (χ0) is 23.6. The van der Waals surface area contributed by atoms with Gasteiger partial charge < -0.3 is 14.0 Å². The number of aromatic carboxylic acids is 1. The highest BCUT2D eigenvalue weighted by Gasteiger charge is 2.32. The lowest BCUT2D eigenvalue weighted by atomic mass is 10.1. The molecule has 0 heterocycles. The highest BCUT2D eigenvalue weighted by molar-refractivity contribution is 6.84. The summed E-state index contributed by atoms with van der Waals surface area (Å²) in [6, 6.07) is 16.8. The third kappa shape index (κ3) is 9.66. The maximum Gasteiger partial charge on any atom is 0.335 e. The number of carbonyl (C=O) groups is 1. The van der Waals surface area contributed by atoms with Crippen molar-refractivity contribution < 1.29 is 28.9 Å². The molecule has 0 amide bonds. The maximum absolute atomic E-state index is 11.0. The molecule has 0 saturated heterocycles. The number of hydrogen-bond acceptors (Lipinski definition) is 5. The molecule has 2 aromatic rings. The van der Waals surface area contributed by atoms with Crippen LogP contribution in [-0.4, -0.2) is 39.6 Å². The van der Waals surface area contributed by atoms with E-state index in [0.717, 1.165) is 42.7 Å². The molecule has 32 heavy (non-hydrogen) atoms. The summed E-state index contributed by atoms with van der Waals surface area (Å²) in [5.41, 5.74) is 2.40. The van der Waals surface area contributed by atoms with E-state index < -0.39 is 22.6 Å². The first-order valence-electron chi connectivity index (χ1n) is 11.1. The molecular formula is C24H36O6Si2. The van der Waals surface area contributed by atoms with E-state index in [2.05, 4.69) is 31.1 Å². The van der Waals surface area contributed by atoms with Crippen molar-refractivity contribution in [3.05, 3.63) is 65.2 Å². The third-order valence-corrected chi connectivity index (χ3v) is 12.9. The van der Waals surface area contributed by atoms with E-state index in [-0.39, 0.29) is 6.61 Å². The monoisotopic (exact) mass is 476 g/mol. The summed E-state index contributed by atoms with van der Waals surface area (Å²) < 4.78 is 12.6. The first-order chi connectivity index (χ1) is 15.1. The van der Waals surface area contributed by atoms with E-state index >= 15 is 0 Å². The smallest absolute Gasteiger partial charge is 0.335 e. The summed E-state index contributed by atoms with van der Waals surface area (Å²) in [6.45, 7) is 10.00. The van der Waals surface area contributed by atoms with Gasteiger partial charge in [-0.2, -0.15) is 0 Å². The van der Waals surface area contributed by atoms with Gasteiger partial charge in [0.05, 0.1) is 12.2 Å². The second-order valence-electron chi connectivity index (χ2n) is 9.35. The summed E-state index contributed by atoms with van der Waals surface area (Å²) in [4.78, 5) is 15.1. The maximum atomic E-state index is 11.0. The molecule has 0 saturated carbocycles. The van der Waals surface area contributed by atoms with Crippen LogP contribution in [0.4, 0.5) is 0 Å². The molecule has 0 aliphatic carbocycles. The Labute approximate surface area is 193 Å². The Balaban J connectivity index is 1.70. The van der Waals surface area contributed by atoms with Crippen LogP contribution in [-0.2, 0) is 22.0 Å². The van der Waals surface area contributed by atoms with Crippen molar-refractivity contribution in [2.45, 2.75) is 64.1 Å². The van der Waals surface area contributed by atoms with Crippen LogP contribution in [0.15, 0.2) is 48.5 Å². The van der Waals surface area contributed by atoms with Gasteiger partial charge in [-0.25, -0.2) is 9.68 Å². The highest BCUT2D eigenvalue weighted by Crippen LogP contribution is 2.25. The van der Waals surface area contributed by atoms with Crippen molar-refractivity contribution in [1.29, 1.82) is 0 Å². The zero-order valence-electron chi connectivity index (χ0n) is 19.6. The molecule has 0 aromatic heterocycles. The molecule has 2 rings (SSSR count). The predicted molar refractivity (Wildman–Crippen MR) is 131 cm³/mol. The Hall–Kier alpha value is -1.98. The Kier molecular flexibility index (Phi) is 10.1. The van der Waals surface area contributed by atoms with Crippen LogP contribution in [0.1, 0.15) is 34.3 Å². The first-order valence-corrected chi connectivity index (χ1v) is 17.3. The minimum Gasteiger partial charge on any atom is -0.494 e. The summed E-state index contributed by atoms with van der Waals surface area (Å²) in [7, 11) is -3.54. The summed E-state index contributed by atoms with van der Waals surface area (Å²) >= 11 is 0. The number of carboxylic acid groups (broad SMARTS) is 1. The molecule has 6 nitrogen and oxygen atoms in total. The van der Waals surface area contributed by atoms with Crippen LogP contribution in [0.2, 0.25) is 38.3 Å². The van der Waals surface area contributed by atoms with Crippen LogP contribution in [0.3, 0.4) is 0 Å². The van der Waals surface area contributed by atoms with Crippen LogP contribution < -0.4 is 4.74 Å². The van der Waals surface area contributed by atoms with Crippen LogP contribution >= 0.6 is 0 Å². The molecule has 0 unspecified atom stereocenters. The number of ether oxygens (including phenoxy) is 1. The number of hydrogen-bond donors (Lipinski definition) is 2.